The minimum atomic E-state index is 0.0481. The number of hydrogen-bond donors (Lipinski definition) is 1. The number of aromatic nitrogens is 1. The van der Waals surface area contributed by atoms with E-state index in [4.69, 9.17) is 10.5 Å². The smallest absolute Gasteiger partial charge is 0.122 e. The number of aryl methyl sites for hydroxylation is 1. The molecule has 19 heavy (non-hydrogen) atoms. The van der Waals surface area contributed by atoms with Crippen LogP contribution in [0.5, 0.6) is 5.75 Å². The van der Waals surface area contributed by atoms with E-state index in [0.29, 0.717) is 6.54 Å². The van der Waals surface area contributed by atoms with Crippen LogP contribution in [0.2, 0.25) is 0 Å². The van der Waals surface area contributed by atoms with Gasteiger partial charge < -0.3 is 10.5 Å². The molecule has 0 aliphatic rings. The zero-order valence-electron chi connectivity index (χ0n) is 12.2. The van der Waals surface area contributed by atoms with Crippen LogP contribution in [0.25, 0.3) is 10.9 Å². The Kier molecular flexibility index (Phi) is 3.76. The van der Waals surface area contributed by atoms with Gasteiger partial charge in [-0.15, -0.1) is 0 Å². The van der Waals surface area contributed by atoms with Gasteiger partial charge in [-0.2, -0.15) is 0 Å². The van der Waals surface area contributed by atoms with Crippen LogP contribution < -0.4 is 10.5 Å². The average molecular weight is 258 g/mol. The lowest BCUT2D eigenvalue weighted by atomic mass is 9.84. The van der Waals surface area contributed by atoms with E-state index in [1.165, 1.54) is 5.56 Å². The van der Waals surface area contributed by atoms with Crippen LogP contribution in [-0.2, 0) is 6.42 Å². The van der Waals surface area contributed by atoms with Gasteiger partial charge in [0.2, 0.25) is 0 Å². The van der Waals surface area contributed by atoms with Crippen LogP contribution >= 0.6 is 0 Å². The number of rotatable bonds is 4. The monoisotopic (exact) mass is 258 g/mol. The first-order chi connectivity index (χ1) is 8.96. The lowest BCUT2D eigenvalue weighted by molar-refractivity contribution is 0.360. The Morgan fingerprint density at radius 2 is 1.95 bits per heavy atom. The highest BCUT2D eigenvalue weighted by Gasteiger charge is 2.20. The maximum Gasteiger partial charge on any atom is 0.122 e. The van der Waals surface area contributed by atoms with Gasteiger partial charge in [-0.25, -0.2) is 0 Å². The first kappa shape index (κ1) is 13.8. The summed E-state index contributed by atoms with van der Waals surface area (Å²) in [4.78, 5) is 4.58. The predicted molar refractivity (Wildman–Crippen MR) is 79.6 cm³/mol. The molecule has 0 fully saturated rings. The van der Waals surface area contributed by atoms with Gasteiger partial charge in [-0.3, -0.25) is 4.98 Å². The van der Waals surface area contributed by atoms with Crippen LogP contribution in [0.15, 0.2) is 24.3 Å². The fourth-order valence-corrected chi connectivity index (χ4v) is 2.27. The molecule has 0 spiro atoms. The van der Waals surface area contributed by atoms with E-state index in [2.05, 4.69) is 24.9 Å². The summed E-state index contributed by atoms with van der Waals surface area (Å²) in [5.74, 6) is 0.916. The van der Waals surface area contributed by atoms with E-state index in [1.807, 2.05) is 25.1 Å². The average Bonchev–Trinajstić information content (AvgIpc) is 2.38. The molecular weight excluding hydrogens is 236 g/mol. The summed E-state index contributed by atoms with van der Waals surface area (Å²) in [6, 6.07) is 8.18. The Labute approximate surface area is 114 Å². The number of benzene rings is 1. The van der Waals surface area contributed by atoms with Gasteiger partial charge in [0.1, 0.15) is 5.75 Å². The molecule has 0 radical (unpaired) electrons. The quantitative estimate of drug-likeness (QED) is 0.916. The van der Waals surface area contributed by atoms with E-state index >= 15 is 0 Å². The van der Waals surface area contributed by atoms with Crippen molar-refractivity contribution in [2.24, 2.45) is 11.1 Å². The molecule has 1 aromatic carbocycles. The summed E-state index contributed by atoms with van der Waals surface area (Å²) in [6.07, 6.45) is 0.884. The van der Waals surface area contributed by atoms with Crippen molar-refractivity contribution in [1.82, 2.24) is 4.98 Å². The van der Waals surface area contributed by atoms with Crippen molar-refractivity contribution in [2.75, 3.05) is 13.7 Å². The van der Waals surface area contributed by atoms with Crippen LogP contribution in [0.4, 0.5) is 0 Å². The summed E-state index contributed by atoms with van der Waals surface area (Å²) in [7, 11) is 1.71. The summed E-state index contributed by atoms with van der Waals surface area (Å²) in [5.41, 5.74) is 9.15. The summed E-state index contributed by atoms with van der Waals surface area (Å²) in [6.45, 7) is 7.00. The van der Waals surface area contributed by atoms with Gasteiger partial charge in [-0.1, -0.05) is 19.9 Å². The third kappa shape index (κ3) is 2.87. The van der Waals surface area contributed by atoms with Crippen molar-refractivity contribution in [2.45, 2.75) is 27.2 Å². The molecule has 2 aromatic rings. The van der Waals surface area contributed by atoms with E-state index in [-0.39, 0.29) is 5.41 Å². The minimum absolute atomic E-state index is 0.0481. The van der Waals surface area contributed by atoms with Gasteiger partial charge >= 0.3 is 0 Å². The number of methoxy groups -OCH3 is 1. The number of hydrogen-bond acceptors (Lipinski definition) is 3. The molecule has 0 saturated heterocycles. The number of pyridine rings is 1. The molecule has 102 valence electrons. The van der Waals surface area contributed by atoms with Crippen molar-refractivity contribution in [3.05, 3.63) is 35.5 Å². The molecule has 0 atom stereocenters. The molecule has 3 nitrogen and oxygen atoms in total. The van der Waals surface area contributed by atoms with Crippen LogP contribution in [0, 0.1) is 12.3 Å². The molecule has 1 aromatic heterocycles. The Balaban J connectivity index is 2.61. The zero-order chi connectivity index (χ0) is 14.0. The first-order valence-corrected chi connectivity index (χ1v) is 6.60. The van der Waals surface area contributed by atoms with Crippen molar-refractivity contribution >= 4 is 10.9 Å². The van der Waals surface area contributed by atoms with Gasteiger partial charge in [0.05, 0.1) is 12.6 Å². The summed E-state index contributed by atoms with van der Waals surface area (Å²) >= 11 is 0. The van der Waals surface area contributed by atoms with Crippen LogP contribution in [-0.4, -0.2) is 18.6 Å². The SMILES string of the molecule is COc1ccc2nc(C)ccc2c1CC(C)(C)CN. The van der Waals surface area contributed by atoms with Gasteiger partial charge in [0, 0.05) is 16.6 Å². The highest BCUT2D eigenvalue weighted by Crippen LogP contribution is 2.32. The van der Waals surface area contributed by atoms with E-state index in [9.17, 15) is 0 Å². The molecule has 0 aliphatic heterocycles. The lowest BCUT2D eigenvalue weighted by Gasteiger charge is -2.24. The molecule has 2 N–H and O–H groups in total. The number of fused-ring (bicyclic) bond motifs is 1. The highest BCUT2D eigenvalue weighted by atomic mass is 16.5. The van der Waals surface area contributed by atoms with Gasteiger partial charge in [0.25, 0.3) is 0 Å². The van der Waals surface area contributed by atoms with Gasteiger partial charge in [0.15, 0.2) is 0 Å². The molecular formula is C16H22N2O. The molecule has 0 amide bonds. The molecule has 1 heterocycles. The largest absolute Gasteiger partial charge is 0.496 e. The zero-order valence-corrected chi connectivity index (χ0v) is 12.2. The molecule has 0 unspecified atom stereocenters. The lowest BCUT2D eigenvalue weighted by Crippen LogP contribution is -2.26. The Morgan fingerprint density at radius 1 is 1.21 bits per heavy atom. The molecule has 0 aliphatic carbocycles. The van der Waals surface area contributed by atoms with E-state index in [1.54, 1.807) is 7.11 Å². The topological polar surface area (TPSA) is 48.1 Å². The number of nitrogens with zero attached hydrogens (tertiary/aromatic N) is 1. The van der Waals surface area contributed by atoms with Crippen LogP contribution in [0.1, 0.15) is 25.1 Å². The Hall–Kier alpha value is -1.61. The maximum absolute atomic E-state index is 5.86. The molecule has 0 saturated carbocycles. The number of nitrogens with two attached hydrogens (primary N) is 1. The van der Waals surface area contributed by atoms with Crippen molar-refractivity contribution < 1.29 is 4.74 Å². The third-order valence-electron chi connectivity index (χ3n) is 3.51. The summed E-state index contributed by atoms with van der Waals surface area (Å²) in [5, 5.41) is 1.16. The fourth-order valence-electron chi connectivity index (χ4n) is 2.27. The van der Waals surface area contributed by atoms with Crippen molar-refractivity contribution in [3.63, 3.8) is 0 Å². The Morgan fingerprint density at radius 3 is 2.58 bits per heavy atom. The van der Waals surface area contributed by atoms with E-state index < -0.39 is 0 Å². The second kappa shape index (κ2) is 5.17. The first-order valence-electron chi connectivity index (χ1n) is 6.60. The third-order valence-corrected chi connectivity index (χ3v) is 3.51. The molecule has 3 heteroatoms. The second-order valence-electron chi connectivity index (χ2n) is 5.81. The highest BCUT2D eigenvalue weighted by molar-refractivity contribution is 5.84. The summed E-state index contributed by atoms with van der Waals surface area (Å²) < 4.78 is 5.51. The van der Waals surface area contributed by atoms with Crippen LogP contribution in [0.3, 0.4) is 0 Å². The Bertz CT molecular complexity index is 591. The standard InChI is InChI=1S/C16H22N2O/c1-11-5-6-12-13(9-16(2,3)10-17)15(19-4)8-7-14(12)18-11/h5-8H,9-10,17H2,1-4H3. The van der Waals surface area contributed by atoms with Crippen molar-refractivity contribution in [3.8, 4) is 5.75 Å². The van der Waals surface area contributed by atoms with E-state index in [0.717, 1.165) is 28.8 Å². The fraction of sp³-hybridized carbons (Fsp3) is 0.438. The van der Waals surface area contributed by atoms with Gasteiger partial charge in [-0.05, 0) is 43.5 Å². The molecule has 0 bridgehead atoms. The van der Waals surface area contributed by atoms with Crippen molar-refractivity contribution in [1.29, 1.82) is 0 Å². The predicted octanol–water partition coefficient (Wildman–Crippen LogP) is 3.08. The maximum atomic E-state index is 5.86. The molecule has 2 rings (SSSR count). The second-order valence-corrected chi connectivity index (χ2v) is 5.81. The normalized spacial score (nSPS) is 11.8. The number of ether oxygens (including phenoxy) is 1. The minimum Gasteiger partial charge on any atom is -0.496 e.